The van der Waals surface area contributed by atoms with Crippen molar-refractivity contribution in [1.82, 2.24) is 0 Å². The molecule has 0 aromatic rings. The van der Waals surface area contributed by atoms with Gasteiger partial charge in [0.15, 0.2) is 0 Å². The zero-order valence-corrected chi connectivity index (χ0v) is 9.62. The molecule has 0 fully saturated rings. The normalized spacial score (nSPS) is 0. The van der Waals surface area contributed by atoms with Crippen molar-refractivity contribution >= 4 is 18.9 Å². The maximum absolute atomic E-state index is 0. The molecule has 0 spiro atoms. The third-order valence-electron chi connectivity index (χ3n) is 0. The van der Waals surface area contributed by atoms with Gasteiger partial charge in [0.05, 0.1) is 0 Å². The molecule has 4 heavy (non-hydrogen) atoms. The van der Waals surface area contributed by atoms with Gasteiger partial charge in [-0.15, -0.1) is 0 Å². The summed E-state index contributed by atoms with van der Waals surface area (Å²) in [5, 5.41) is 0. The second-order valence-electron chi connectivity index (χ2n) is 0. The Morgan fingerprint density at radius 1 is 1.00 bits per heavy atom. The van der Waals surface area contributed by atoms with Gasteiger partial charge in [-0.2, -0.15) is 0 Å². The fraction of sp³-hybridized carbons (Fsp3) is 0. The van der Waals surface area contributed by atoms with Gasteiger partial charge >= 0.3 is 18.9 Å². The maximum Gasteiger partial charge on any atom is 0 e. The van der Waals surface area contributed by atoms with Crippen molar-refractivity contribution in [3.63, 3.8) is 0 Å². The average Bonchev–Trinajstić information content (AvgIpc) is 0. The van der Waals surface area contributed by atoms with Gasteiger partial charge in [0.1, 0.15) is 0 Å². The van der Waals surface area contributed by atoms with E-state index >= 15 is 0 Å². The summed E-state index contributed by atoms with van der Waals surface area (Å²) in [5.41, 5.74) is 0. The van der Waals surface area contributed by atoms with E-state index in [1.807, 2.05) is 0 Å². The predicted molar refractivity (Wildman–Crippen MR) is 7.15 cm³/mol. The van der Waals surface area contributed by atoms with Crippen LogP contribution < -0.4 is 0 Å². The van der Waals surface area contributed by atoms with Gasteiger partial charge in [0.25, 0.3) is 0 Å². The Hall–Kier alpha value is 3.81. The third-order valence-corrected chi connectivity index (χ3v) is 0. The van der Waals surface area contributed by atoms with Crippen LogP contribution in [0.25, 0.3) is 0 Å². The predicted octanol–water partition coefficient (Wildman–Crippen LogP) is -0.651. The fourth-order valence-electron chi connectivity index (χ4n) is 0. The first-order valence-electron chi connectivity index (χ1n) is 0. The molecule has 0 aliphatic heterocycles. The zero-order valence-electron chi connectivity index (χ0n) is 1.33. The van der Waals surface area contributed by atoms with Crippen molar-refractivity contribution < 1.29 is 98.5 Å². The number of rotatable bonds is 0. The Balaban J connectivity index is 0. The van der Waals surface area contributed by atoms with Gasteiger partial charge in [-0.1, -0.05) is 0 Å². The molecule has 0 aromatic carbocycles. The summed E-state index contributed by atoms with van der Waals surface area (Å²) in [6.07, 6.45) is 0. The summed E-state index contributed by atoms with van der Waals surface area (Å²) in [6.45, 7) is 0. The van der Waals surface area contributed by atoms with Crippen LogP contribution in [-0.4, -0.2) is 18.9 Å². The van der Waals surface area contributed by atoms with Crippen molar-refractivity contribution in [2.45, 2.75) is 0 Å². The number of hydrogen-bond donors (Lipinski definition) is 0. The Morgan fingerprint density at radius 2 is 1.00 bits per heavy atom. The van der Waals surface area contributed by atoms with Crippen LogP contribution in [0.3, 0.4) is 0 Å². The minimum atomic E-state index is 0. The first kappa shape index (κ1) is 25.0. The summed E-state index contributed by atoms with van der Waals surface area (Å²) >= 11 is 0. The summed E-state index contributed by atoms with van der Waals surface area (Å²) in [5.74, 6) is 0. The van der Waals surface area contributed by atoms with Crippen LogP contribution in [0.15, 0.2) is 0 Å². The molecule has 0 bridgehead atoms. The van der Waals surface area contributed by atoms with Crippen LogP contribution in [0.1, 0.15) is 0 Å². The molecule has 1 radical (unpaired) electrons. The van der Waals surface area contributed by atoms with Crippen LogP contribution in [0, 0.1) is 81.7 Å². The molecular formula is HCeCoLiTh. The van der Waals surface area contributed by atoms with Gasteiger partial charge in [0, 0.05) is 98.5 Å². The summed E-state index contributed by atoms with van der Waals surface area (Å²) in [4.78, 5) is 0. The van der Waals surface area contributed by atoms with Crippen molar-refractivity contribution in [2.24, 2.45) is 0 Å². The molecule has 0 saturated carbocycles. The number of hydrogen-bond acceptors (Lipinski definition) is 0. The Labute approximate surface area is 114 Å². The zero-order chi connectivity index (χ0) is 0. The fourth-order valence-corrected chi connectivity index (χ4v) is 0. The van der Waals surface area contributed by atoms with Crippen molar-refractivity contribution in [3.05, 3.63) is 0 Å². The second kappa shape index (κ2) is 15.8. The minimum Gasteiger partial charge on any atom is 0 e. The minimum absolute atomic E-state index is 0. The smallest absolute Gasteiger partial charge is 0 e. The van der Waals surface area contributed by atoms with E-state index in [1.54, 1.807) is 0 Å². The largest absolute Gasteiger partial charge is 0 e. The molecule has 4 heteroatoms. The van der Waals surface area contributed by atoms with E-state index in [2.05, 4.69) is 0 Å². The summed E-state index contributed by atoms with van der Waals surface area (Å²) in [7, 11) is 0. The van der Waals surface area contributed by atoms with Crippen LogP contribution in [0.2, 0.25) is 0 Å². The van der Waals surface area contributed by atoms with Gasteiger partial charge in [0.2, 0.25) is 0 Å². The second-order valence-corrected chi connectivity index (χ2v) is 0. The van der Waals surface area contributed by atoms with Crippen LogP contribution in [-0.2, 0) is 16.8 Å². The van der Waals surface area contributed by atoms with E-state index in [1.165, 1.54) is 0 Å². The molecule has 0 aliphatic rings. The Kier molecular flexibility index (Phi) is 98.8. The van der Waals surface area contributed by atoms with Gasteiger partial charge in [-0.3, -0.25) is 0 Å². The molecule has 0 saturated heterocycles. The van der Waals surface area contributed by atoms with Crippen LogP contribution in [0.5, 0.6) is 0 Å². The van der Waals surface area contributed by atoms with E-state index in [9.17, 15) is 0 Å². The Morgan fingerprint density at radius 3 is 1.00 bits per heavy atom. The van der Waals surface area contributed by atoms with E-state index in [-0.39, 0.29) is 117 Å². The molecule has 0 amide bonds. The molecule has 0 nitrogen and oxygen atoms in total. The summed E-state index contributed by atoms with van der Waals surface area (Å²) < 4.78 is 0. The van der Waals surface area contributed by atoms with E-state index < -0.39 is 0 Å². The molecule has 0 heterocycles. The first-order valence-corrected chi connectivity index (χ1v) is 0. The quantitative estimate of drug-likeness (QED) is 0.441. The van der Waals surface area contributed by atoms with Crippen molar-refractivity contribution in [2.75, 3.05) is 0 Å². The molecule has 0 N–H and O–H groups in total. The van der Waals surface area contributed by atoms with Crippen molar-refractivity contribution in [3.8, 4) is 0 Å². The topological polar surface area (TPSA) is 0 Å². The monoisotopic (exact) mass is 439 g/mol. The van der Waals surface area contributed by atoms with Gasteiger partial charge in [-0.05, 0) is 0 Å². The van der Waals surface area contributed by atoms with Crippen molar-refractivity contribution in [1.29, 1.82) is 0 Å². The molecule has 0 aromatic heterocycles. The molecule has 0 rings (SSSR count). The van der Waals surface area contributed by atoms with Gasteiger partial charge < -0.3 is 0 Å². The van der Waals surface area contributed by atoms with E-state index in [0.29, 0.717) is 0 Å². The average molecular weight is 439 g/mol. The molecular weight excluding hydrogens is 438 g/mol. The SMILES string of the molecule is [Ce].[Co].[LiH].[Th]. The Bertz CT molecular complexity index is 8.00. The molecule has 0 unspecified atom stereocenters. The van der Waals surface area contributed by atoms with Crippen LogP contribution in [0.4, 0.5) is 0 Å². The van der Waals surface area contributed by atoms with Gasteiger partial charge in [-0.25, -0.2) is 0 Å². The third kappa shape index (κ3) is 9.26. The van der Waals surface area contributed by atoms with Crippen LogP contribution >= 0.6 is 0 Å². The van der Waals surface area contributed by atoms with E-state index in [4.69, 9.17) is 0 Å². The first-order chi connectivity index (χ1) is 0. The molecule has 0 atom stereocenters. The molecule has 19 valence electrons. The standard InChI is InChI=1S/Ce.Co.Li.Th.H. The maximum atomic E-state index is 0. The van der Waals surface area contributed by atoms with E-state index in [0.717, 1.165) is 0 Å². The molecule has 0 aliphatic carbocycles. The summed E-state index contributed by atoms with van der Waals surface area (Å²) in [6, 6.07) is 0.